The third-order valence-corrected chi connectivity index (χ3v) is 3.65. The van der Waals surface area contributed by atoms with E-state index in [9.17, 15) is 18.0 Å². The molecular formula is C12H19F3N2O. The van der Waals surface area contributed by atoms with Crippen LogP contribution in [0.1, 0.15) is 38.5 Å². The van der Waals surface area contributed by atoms with E-state index in [1.807, 2.05) is 0 Å². The average molecular weight is 264 g/mol. The number of alkyl halides is 3. The molecule has 2 aliphatic rings. The summed E-state index contributed by atoms with van der Waals surface area (Å²) in [5, 5.41) is 5.08. The van der Waals surface area contributed by atoms with Crippen molar-refractivity contribution in [3.63, 3.8) is 0 Å². The third-order valence-electron chi connectivity index (χ3n) is 3.65. The van der Waals surface area contributed by atoms with Crippen LogP contribution >= 0.6 is 0 Å². The first-order valence-corrected chi connectivity index (χ1v) is 6.56. The molecule has 0 bridgehead atoms. The van der Waals surface area contributed by atoms with Crippen molar-refractivity contribution in [2.45, 2.75) is 56.8 Å². The van der Waals surface area contributed by atoms with E-state index in [2.05, 4.69) is 10.6 Å². The fourth-order valence-electron chi connectivity index (χ4n) is 2.55. The Morgan fingerprint density at radius 2 is 1.78 bits per heavy atom. The van der Waals surface area contributed by atoms with Gasteiger partial charge in [0, 0.05) is 6.04 Å². The molecule has 0 aromatic carbocycles. The summed E-state index contributed by atoms with van der Waals surface area (Å²) in [6.45, 7) is -0.239. The van der Waals surface area contributed by atoms with Crippen molar-refractivity contribution in [3.8, 4) is 0 Å². The van der Waals surface area contributed by atoms with Crippen LogP contribution in [-0.2, 0) is 4.79 Å². The van der Waals surface area contributed by atoms with E-state index in [-0.39, 0.29) is 24.4 Å². The van der Waals surface area contributed by atoms with Crippen LogP contribution in [0, 0.1) is 5.92 Å². The van der Waals surface area contributed by atoms with Gasteiger partial charge >= 0.3 is 6.18 Å². The van der Waals surface area contributed by atoms with Gasteiger partial charge in [0.15, 0.2) is 0 Å². The minimum absolute atomic E-state index is 0.190. The molecule has 0 saturated heterocycles. The summed E-state index contributed by atoms with van der Waals surface area (Å²) in [6.07, 6.45) is 0.520. The van der Waals surface area contributed by atoms with Crippen LogP contribution in [0.4, 0.5) is 13.2 Å². The fourth-order valence-corrected chi connectivity index (χ4v) is 2.55. The second-order valence-corrected chi connectivity index (χ2v) is 5.29. The van der Waals surface area contributed by atoms with E-state index < -0.39 is 12.2 Å². The molecule has 0 aromatic heterocycles. The summed E-state index contributed by atoms with van der Waals surface area (Å²) < 4.78 is 38.7. The second kappa shape index (κ2) is 5.47. The Labute approximate surface area is 104 Å². The molecule has 2 N–H and O–H groups in total. The van der Waals surface area contributed by atoms with Crippen LogP contribution in [-0.4, -0.2) is 30.7 Å². The molecule has 104 valence electrons. The summed E-state index contributed by atoms with van der Waals surface area (Å²) in [5.41, 5.74) is 0. The van der Waals surface area contributed by atoms with Gasteiger partial charge in [0.2, 0.25) is 5.91 Å². The largest absolute Gasteiger partial charge is 0.404 e. The number of halogens is 3. The maximum atomic E-state index is 12.9. The SMILES string of the molecule is O=C(CN[C@H](C1CCCC1)C(F)(F)F)NC1CC1. The number of hydrogen-bond donors (Lipinski definition) is 2. The Morgan fingerprint density at radius 3 is 2.28 bits per heavy atom. The lowest BCUT2D eigenvalue weighted by atomic mass is 9.97. The van der Waals surface area contributed by atoms with Crippen LogP contribution in [0.2, 0.25) is 0 Å². The minimum atomic E-state index is -4.27. The lowest BCUT2D eigenvalue weighted by Crippen LogP contribution is -2.50. The van der Waals surface area contributed by atoms with Crippen molar-refractivity contribution >= 4 is 5.91 Å². The van der Waals surface area contributed by atoms with Gasteiger partial charge in [-0.1, -0.05) is 12.8 Å². The van der Waals surface area contributed by atoms with Crippen LogP contribution in [0.25, 0.3) is 0 Å². The predicted molar refractivity (Wildman–Crippen MR) is 61.0 cm³/mol. The summed E-state index contributed by atoms with van der Waals surface area (Å²) in [5.74, 6) is -0.705. The van der Waals surface area contributed by atoms with Gasteiger partial charge in [-0.15, -0.1) is 0 Å². The Balaban J connectivity index is 1.82. The van der Waals surface area contributed by atoms with Gasteiger partial charge in [-0.3, -0.25) is 10.1 Å². The lowest BCUT2D eigenvalue weighted by molar-refractivity contribution is -0.167. The topological polar surface area (TPSA) is 41.1 Å². The number of hydrogen-bond acceptors (Lipinski definition) is 2. The number of carbonyl (C=O) groups excluding carboxylic acids is 1. The predicted octanol–water partition coefficient (Wildman–Crippen LogP) is 1.98. The summed E-state index contributed by atoms with van der Waals surface area (Å²) in [7, 11) is 0. The zero-order chi connectivity index (χ0) is 13.2. The van der Waals surface area contributed by atoms with Crippen molar-refractivity contribution in [2.24, 2.45) is 5.92 Å². The van der Waals surface area contributed by atoms with E-state index >= 15 is 0 Å². The van der Waals surface area contributed by atoms with Crippen molar-refractivity contribution in [3.05, 3.63) is 0 Å². The molecule has 2 fully saturated rings. The molecule has 6 heteroatoms. The van der Waals surface area contributed by atoms with E-state index in [0.29, 0.717) is 12.8 Å². The highest BCUT2D eigenvalue weighted by molar-refractivity contribution is 5.78. The van der Waals surface area contributed by atoms with Crippen LogP contribution < -0.4 is 10.6 Å². The van der Waals surface area contributed by atoms with Crippen molar-refractivity contribution in [1.82, 2.24) is 10.6 Å². The first kappa shape index (κ1) is 13.6. The Morgan fingerprint density at radius 1 is 1.17 bits per heavy atom. The van der Waals surface area contributed by atoms with E-state index in [1.54, 1.807) is 0 Å². The van der Waals surface area contributed by atoms with Gasteiger partial charge in [-0.05, 0) is 31.6 Å². The van der Waals surface area contributed by atoms with Crippen molar-refractivity contribution in [2.75, 3.05) is 6.54 Å². The molecule has 1 amide bonds. The van der Waals surface area contributed by atoms with Gasteiger partial charge in [0.05, 0.1) is 6.54 Å². The Kier molecular flexibility index (Phi) is 4.14. The highest BCUT2D eigenvalue weighted by Gasteiger charge is 2.45. The number of carbonyl (C=O) groups is 1. The quantitative estimate of drug-likeness (QED) is 0.797. The zero-order valence-corrected chi connectivity index (χ0v) is 10.2. The molecule has 0 aromatic rings. The number of amides is 1. The molecule has 2 rings (SSSR count). The molecule has 1 atom stereocenters. The first-order chi connectivity index (χ1) is 8.47. The van der Waals surface area contributed by atoms with Crippen LogP contribution in [0.15, 0.2) is 0 Å². The molecule has 0 aliphatic heterocycles. The Hall–Kier alpha value is -0.780. The molecular weight excluding hydrogens is 245 g/mol. The summed E-state index contributed by atoms with van der Waals surface area (Å²) >= 11 is 0. The highest BCUT2D eigenvalue weighted by Crippen LogP contribution is 2.35. The zero-order valence-electron chi connectivity index (χ0n) is 10.2. The summed E-state index contributed by atoms with van der Waals surface area (Å²) in [4.78, 5) is 11.4. The molecule has 0 spiro atoms. The highest BCUT2D eigenvalue weighted by atomic mass is 19.4. The molecule has 18 heavy (non-hydrogen) atoms. The minimum Gasteiger partial charge on any atom is -0.352 e. The second-order valence-electron chi connectivity index (χ2n) is 5.29. The van der Waals surface area contributed by atoms with Gasteiger partial charge in [0.1, 0.15) is 6.04 Å². The van der Waals surface area contributed by atoms with E-state index in [4.69, 9.17) is 0 Å². The molecule has 2 saturated carbocycles. The first-order valence-electron chi connectivity index (χ1n) is 6.56. The molecule has 2 aliphatic carbocycles. The van der Waals surface area contributed by atoms with Crippen LogP contribution in [0.3, 0.4) is 0 Å². The average Bonchev–Trinajstić information content (AvgIpc) is 2.91. The van der Waals surface area contributed by atoms with Gasteiger partial charge < -0.3 is 5.32 Å². The fraction of sp³-hybridized carbons (Fsp3) is 0.917. The number of rotatable bonds is 5. The monoisotopic (exact) mass is 264 g/mol. The number of nitrogens with one attached hydrogen (secondary N) is 2. The molecule has 0 unspecified atom stereocenters. The molecule has 0 radical (unpaired) electrons. The van der Waals surface area contributed by atoms with Gasteiger partial charge in [0.25, 0.3) is 0 Å². The smallest absolute Gasteiger partial charge is 0.352 e. The van der Waals surface area contributed by atoms with Gasteiger partial charge in [-0.2, -0.15) is 13.2 Å². The third kappa shape index (κ3) is 3.86. The van der Waals surface area contributed by atoms with Crippen molar-refractivity contribution in [1.29, 1.82) is 0 Å². The van der Waals surface area contributed by atoms with E-state index in [0.717, 1.165) is 25.7 Å². The lowest BCUT2D eigenvalue weighted by Gasteiger charge is -2.26. The maximum absolute atomic E-state index is 12.9. The maximum Gasteiger partial charge on any atom is 0.404 e. The standard InChI is InChI=1S/C12H19F3N2O/c13-12(14,15)11(8-3-1-2-4-8)16-7-10(18)17-9-5-6-9/h8-9,11,16H,1-7H2,(H,17,18)/t11-/m1/s1. The van der Waals surface area contributed by atoms with Crippen molar-refractivity contribution < 1.29 is 18.0 Å². The molecule has 0 heterocycles. The van der Waals surface area contributed by atoms with Crippen LogP contribution in [0.5, 0.6) is 0 Å². The Bertz CT molecular complexity index is 296. The van der Waals surface area contributed by atoms with E-state index in [1.165, 1.54) is 0 Å². The normalized spacial score (nSPS) is 23.1. The van der Waals surface area contributed by atoms with Gasteiger partial charge in [-0.25, -0.2) is 0 Å². The molecule has 3 nitrogen and oxygen atoms in total. The summed E-state index contributed by atoms with van der Waals surface area (Å²) in [6, 6.07) is -1.35.